The molecule has 3 N–H and O–H groups in total. The van der Waals surface area contributed by atoms with Crippen LogP contribution in [0.5, 0.6) is 0 Å². The average Bonchev–Trinajstić information content (AvgIpc) is 1.62. The Bertz CT molecular complexity index is 6930. The van der Waals surface area contributed by atoms with Gasteiger partial charge in [-0.1, -0.05) is 140 Å². The molecular formula is C110H112F4N22S2. The number of imidazole rings is 4. The molecule has 22 nitrogen and oxygen atoms in total. The van der Waals surface area contributed by atoms with E-state index in [1.807, 2.05) is 80.4 Å². The number of nitrogens with zero attached hydrogens (tertiary/aromatic N) is 20. The van der Waals surface area contributed by atoms with E-state index in [-0.39, 0.29) is 35.3 Å². The van der Waals surface area contributed by atoms with Crippen LogP contribution in [0.2, 0.25) is 0 Å². The molecule has 15 heterocycles. The Kier molecular flexibility index (Phi) is 28.4. The lowest BCUT2D eigenvalue weighted by Crippen LogP contribution is -2.34. The molecule has 702 valence electrons. The number of aromatic nitrogens is 16. The molecular weight excluding hydrogens is 1770 g/mol. The summed E-state index contributed by atoms with van der Waals surface area (Å²) in [6.45, 7) is 17.0. The van der Waals surface area contributed by atoms with Crippen molar-refractivity contribution in [2.75, 3.05) is 82.5 Å². The minimum absolute atomic E-state index is 0.232. The molecule has 7 aliphatic rings. The van der Waals surface area contributed by atoms with Crippen LogP contribution in [0.15, 0.2) is 260 Å². The fourth-order valence-electron chi connectivity index (χ4n) is 21.0. The van der Waals surface area contributed by atoms with Crippen LogP contribution in [-0.4, -0.2) is 169 Å². The molecule has 4 atom stereocenters. The first kappa shape index (κ1) is 92.5. The molecule has 8 aromatic carbocycles. The highest BCUT2D eigenvalue weighted by Gasteiger charge is 2.39. The standard InChI is InChI=1S/C29H32FN5S.C28H29FN6.C27H26FN5S.C26H25FN6/c1-3-4-18-34(19-21-8-6-5-7-9-21)20-24-14-15-26-33-27(22-10-12-23(30)13-11-22)28(35(24)26)25-16-17-31-29(32-25)36-2;1-2-30-28-31-15-13-24(32-28)27-26(20-7-9-22(29)10-8-20)33-25-12-11-23(35(25)27)18-34-16-14-19-5-3-4-6-21(19)17-34;1-34-27-29-14-12-23(30-27)26-25(19-6-8-21(28)9-7-19)31-24-11-10-22(33(24)26)17-32-15-13-18-4-2-3-5-20(18)16-32;27-20-7-5-18(6-8-20)24-25(22-11-13-29-26(28)30-22)33-21(9-10-23(33)31-24)16-32-14-12-17-3-1-2-4-19(17)15-32/h5-13,16-17,24H,3-4,14-15,18-20H2,1-2H3;3-10,13,15,23H,2,11-12,14,16-18H2,1H3,(H,30,31,32);2-9,12,14,22H,10-11,13,15-17H2,1H3;1-8,11,13,21H,9-10,12,14-16H2,(H2,28,29,30)/t24-;23-;22-;21-/m0000/s1. The largest absolute Gasteiger partial charge is 0.368 e. The number of rotatable bonds is 25. The molecule has 0 unspecified atom stereocenters. The third-order valence-corrected chi connectivity index (χ3v) is 28.6. The predicted molar refractivity (Wildman–Crippen MR) is 539 cm³/mol. The van der Waals surface area contributed by atoms with E-state index in [0.717, 1.165) is 280 Å². The van der Waals surface area contributed by atoms with Gasteiger partial charge in [-0.3, -0.25) is 19.6 Å². The minimum Gasteiger partial charge on any atom is -0.368 e. The number of aryl methyl sites for hydroxylation is 4. The third kappa shape index (κ3) is 20.5. The number of nitrogens with two attached hydrogens (primary N) is 1. The molecule has 138 heavy (non-hydrogen) atoms. The van der Waals surface area contributed by atoms with Crippen LogP contribution in [0.1, 0.15) is 139 Å². The van der Waals surface area contributed by atoms with Crippen molar-refractivity contribution < 1.29 is 17.6 Å². The van der Waals surface area contributed by atoms with E-state index >= 15 is 0 Å². The SMILES string of the molecule is CCCCN(Cc1ccccc1)C[C@@H]1CCc2nc(-c3ccc(F)cc3)c(-c3ccnc(SC)n3)n21.CCNc1nccc(-c2c(-c3ccc(F)cc3)nc3n2[C@H](CN2CCc4ccccc4C2)CC3)n1.CSc1nccc(-c2c(-c3ccc(F)cc3)nc3n2[C@H](CN2CCc4ccccc4C2)CC3)n1.Nc1nccc(-c2c(-c3ccc(F)cc3)nc3n2[C@H](CN2CCc4ccccc4C2)CC3)n1. The summed E-state index contributed by atoms with van der Waals surface area (Å²) in [5.74, 6) is 4.12. The molecule has 23 rings (SSSR count). The summed E-state index contributed by atoms with van der Waals surface area (Å²) in [5.41, 5.74) is 30.2. The van der Waals surface area contributed by atoms with E-state index in [1.54, 1.807) is 36.7 Å². The van der Waals surface area contributed by atoms with E-state index < -0.39 is 0 Å². The number of anilines is 2. The zero-order valence-corrected chi connectivity index (χ0v) is 79.8. The van der Waals surface area contributed by atoms with Crippen molar-refractivity contribution in [2.45, 2.75) is 158 Å². The van der Waals surface area contributed by atoms with E-state index in [1.165, 1.54) is 124 Å². The van der Waals surface area contributed by atoms with E-state index in [4.69, 9.17) is 40.6 Å². The van der Waals surface area contributed by atoms with E-state index in [2.05, 4.69) is 178 Å². The van der Waals surface area contributed by atoms with Gasteiger partial charge in [0.2, 0.25) is 11.9 Å². The van der Waals surface area contributed by atoms with Crippen LogP contribution in [0.4, 0.5) is 29.5 Å². The zero-order chi connectivity index (χ0) is 94.1. The van der Waals surface area contributed by atoms with Gasteiger partial charge in [-0.25, -0.2) is 77.4 Å². The molecule has 0 amide bonds. The van der Waals surface area contributed by atoms with Crippen LogP contribution in [0, 0.1) is 23.3 Å². The van der Waals surface area contributed by atoms with Crippen molar-refractivity contribution in [3.05, 3.63) is 335 Å². The Hall–Kier alpha value is -13.2. The summed E-state index contributed by atoms with van der Waals surface area (Å²) in [6, 6.07) is 72.3. The first-order valence-electron chi connectivity index (χ1n) is 48.2. The van der Waals surface area contributed by atoms with Gasteiger partial charge in [0.1, 0.15) is 46.6 Å². The summed E-state index contributed by atoms with van der Waals surface area (Å²) < 4.78 is 64.2. The van der Waals surface area contributed by atoms with Crippen LogP contribution in [0.25, 0.3) is 90.6 Å². The number of nitrogen functional groups attached to an aromatic ring is 1. The van der Waals surface area contributed by atoms with Crippen molar-refractivity contribution in [2.24, 2.45) is 0 Å². The van der Waals surface area contributed by atoms with Gasteiger partial charge >= 0.3 is 0 Å². The molecule has 0 saturated heterocycles. The van der Waals surface area contributed by atoms with Gasteiger partial charge in [0.05, 0.1) is 68.3 Å². The highest BCUT2D eigenvalue weighted by Crippen LogP contribution is 2.46. The van der Waals surface area contributed by atoms with Gasteiger partial charge in [0.25, 0.3) is 0 Å². The number of unbranched alkanes of at least 4 members (excludes halogenated alkanes) is 1. The summed E-state index contributed by atoms with van der Waals surface area (Å²) in [4.78, 5) is 66.7. The number of fused-ring (bicyclic) bond motifs is 7. The van der Waals surface area contributed by atoms with Gasteiger partial charge < -0.3 is 29.3 Å². The van der Waals surface area contributed by atoms with Crippen LogP contribution in [0.3, 0.4) is 0 Å². The Morgan fingerprint density at radius 3 is 1.06 bits per heavy atom. The van der Waals surface area contributed by atoms with Gasteiger partial charge in [-0.05, 0) is 238 Å². The Morgan fingerprint density at radius 1 is 0.362 bits per heavy atom. The fourth-order valence-corrected chi connectivity index (χ4v) is 21.7. The number of hydrogen-bond acceptors (Lipinski definition) is 20. The first-order chi connectivity index (χ1) is 67.7. The van der Waals surface area contributed by atoms with Crippen molar-refractivity contribution in [3.63, 3.8) is 0 Å². The maximum absolute atomic E-state index is 13.7. The van der Waals surface area contributed by atoms with Gasteiger partial charge in [0, 0.05) is 175 Å². The maximum Gasteiger partial charge on any atom is 0.223 e. The average molecular weight is 1880 g/mol. The first-order valence-corrected chi connectivity index (χ1v) is 50.7. The normalized spacial score (nSPS) is 16.8. The molecule has 0 radical (unpaired) electrons. The number of hydrogen-bond donors (Lipinski definition) is 2. The quantitative estimate of drug-likeness (QED) is 0.0308. The Labute approximate surface area is 811 Å². The summed E-state index contributed by atoms with van der Waals surface area (Å²) in [5, 5.41) is 4.69. The predicted octanol–water partition coefficient (Wildman–Crippen LogP) is 21.5. The molecule has 7 aliphatic heterocycles. The van der Waals surface area contributed by atoms with Crippen molar-refractivity contribution >= 4 is 35.4 Å². The molecule has 8 aromatic heterocycles. The number of halogens is 4. The van der Waals surface area contributed by atoms with E-state index in [9.17, 15) is 17.6 Å². The van der Waals surface area contributed by atoms with Crippen LogP contribution < -0.4 is 11.1 Å². The minimum atomic E-state index is -0.262. The maximum atomic E-state index is 13.7. The highest BCUT2D eigenvalue weighted by molar-refractivity contribution is 7.98. The second-order valence-electron chi connectivity index (χ2n) is 36.5. The highest BCUT2D eigenvalue weighted by atomic mass is 32.2. The van der Waals surface area contributed by atoms with Crippen LogP contribution >= 0.6 is 23.5 Å². The van der Waals surface area contributed by atoms with Crippen molar-refractivity contribution in [3.8, 4) is 90.6 Å². The summed E-state index contributed by atoms with van der Waals surface area (Å²) in [6.07, 6.45) is 24.6. The molecule has 16 aromatic rings. The second kappa shape index (κ2) is 42.4. The summed E-state index contributed by atoms with van der Waals surface area (Å²) in [7, 11) is 0. The number of thioether (sulfide) groups is 2. The zero-order valence-electron chi connectivity index (χ0n) is 78.2. The van der Waals surface area contributed by atoms with Gasteiger partial charge in [-0.2, -0.15) is 0 Å². The summed E-state index contributed by atoms with van der Waals surface area (Å²) >= 11 is 3.06. The molecule has 0 aliphatic carbocycles. The lowest BCUT2D eigenvalue weighted by molar-refractivity contribution is 0.217. The van der Waals surface area contributed by atoms with Crippen molar-refractivity contribution in [1.29, 1.82) is 0 Å². The Morgan fingerprint density at radius 2 is 0.696 bits per heavy atom. The lowest BCUT2D eigenvalue weighted by atomic mass is 9.99. The molecule has 0 spiro atoms. The molecule has 28 heteroatoms. The van der Waals surface area contributed by atoms with Crippen LogP contribution in [-0.2, 0) is 71.1 Å². The van der Waals surface area contributed by atoms with Gasteiger partial charge in [-0.15, -0.1) is 0 Å². The number of nitrogens with one attached hydrogen (secondary N) is 1. The van der Waals surface area contributed by atoms with Gasteiger partial charge in [0.15, 0.2) is 10.3 Å². The van der Waals surface area contributed by atoms with Crippen molar-refractivity contribution in [1.82, 2.24) is 97.7 Å². The van der Waals surface area contributed by atoms with E-state index in [0.29, 0.717) is 24.1 Å². The fraction of sp³-hybridized carbons (Fsp3) is 0.309. The third-order valence-electron chi connectivity index (χ3n) is 27.5. The number of benzene rings is 8. The second-order valence-corrected chi connectivity index (χ2v) is 38.0. The molecule has 0 bridgehead atoms. The smallest absolute Gasteiger partial charge is 0.223 e. The molecule has 0 fully saturated rings. The molecule has 0 saturated carbocycles. The topological polar surface area (TPSA) is 225 Å². The lowest BCUT2D eigenvalue weighted by Gasteiger charge is -2.31. The Balaban J connectivity index is 0.000000113. The monoisotopic (exact) mass is 1880 g/mol.